The van der Waals surface area contributed by atoms with E-state index in [1.54, 1.807) is 13.2 Å². The molecule has 148 valence electrons. The van der Waals surface area contributed by atoms with Gasteiger partial charge in [0.25, 0.3) is 0 Å². The maximum absolute atomic E-state index is 11.2. The van der Waals surface area contributed by atoms with E-state index in [9.17, 15) is 4.79 Å². The number of fused-ring (bicyclic) bond motifs is 1. The highest BCUT2D eigenvalue weighted by Gasteiger charge is 2.45. The summed E-state index contributed by atoms with van der Waals surface area (Å²) < 4.78 is 5.29. The number of nitrogens with zero attached hydrogens (tertiary/aromatic N) is 2. The maximum Gasteiger partial charge on any atom is 0.247 e. The fourth-order valence-electron chi connectivity index (χ4n) is 4.58. The lowest BCUT2D eigenvalue weighted by atomic mass is 9.89. The van der Waals surface area contributed by atoms with E-state index in [-0.39, 0.29) is 30.4 Å². The molecular weight excluding hydrogens is 385 g/mol. The molecule has 2 aromatic rings. The summed E-state index contributed by atoms with van der Waals surface area (Å²) in [5.74, 6) is 2.27. The summed E-state index contributed by atoms with van der Waals surface area (Å²) in [6.45, 7) is 4.28. The lowest BCUT2D eigenvalue weighted by molar-refractivity contribution is 0.224. The van der Waals surface area contributed by atoms with Gasteiger partial charge in [-0.3, -0.25) is 14.6 Å². The number of halogens is 2. The molecule has 5 nitrogen and oxygen atoms in total. The molecule has 4 rings (SSSR count). The van der Waals surface area contributed by atoms with Gasteiger partial charge in [-0.25, -0.2) is 0 Å². The molecule has 27 heavy (non-hydrogen) atoms. The molecule has 2 aliphatic heterocycles. The number of rotatable bonds is 4. The van der Waals surface area contributed by atoms with Crippen LogP contribution in [0.3, 0.4) is 0 Å². The monoisotopic (exact) mass is 411 g/mol. The highest BCUT2D eigenvalue weighted by molar-refractivity contribution is 5.85. The van der Waals surface area contributed by atoms with Crippen molar-refractivity contribution in [2.75, 3.05) is 33.8 Å². The lowest BCUT2D eigenvalue weighted by Crippen LogP contribution is -2.29. The molecule has 2 saturated heterocycles. The van der Waals surface area contributed by atoms with Crippen molar-refractivity contribution < 1.29 is 4.74 Å². The first-order chi connectivity index (χ1) is 12.1. The second-order valence-electron chi connectivity index (χ2n) is 7.34. The smallest absolute Gasteiger partial charge is 0.247 e. The van der Waals surface area contributed by atoms with E-state index < -0.39 is 0 Å². The zero-order valence-corrected chi connectivity index (χ0v) is 17.3. The third kappa shape index (κ3) is 4.49. The minimum absolute atomic E-state index is 0. The van der Waals surface area contributed by atoms with Crippen molar-refractivity contribution in [2.24, 2.45) is 11.8 Å². The average molecular weight is 412 g/mol. The predicted molar refractivity (Wildman–Crippen MR) is 112 cm³/mol. The van der Waals surface area contributed by atoms with Gasteiger partial charge in [-0.05, 0) is 42.1 Å². The summed E-state index contributed by atoms with van der Waals surface area (Å²) >= 11 is 0. The van der Waals surface area contributed by atoms with Gasteiger partial charge in [0.05, 0.1) is 7.11 Å². The van der Waals surface area contributed by atoms with Crippen molar-refractivity contribution >= 4 is 24.8 Å². The highest BCUT2D eigenvalue weighted by Crippen LogP contribution is 2.44. The van der Waals surface area contributed by atoms with Gasteiger partial charge in [0.15, 0.2) is 0 Å². The van der Waals surface area contributed by atoms with Gasteiger partial charge in [-0.15, -0.1) is 24.8 Å². The van der Waals surface area contributed by atoms with Gasteiger partial charge in [-0.2, -0.15) is 0 Å². The van der Waals surface area contributed by atoms with Gasteiger partial charge in [-0.1, -0.05) is 18.2 Å². The molecule has 1 N–H and O–H groups in total. The molecule has 0 radical (unpaired) electrons. The number of hydrogen-bond acceptors (Lipinski definition) is 4. The Kier molecular flexibility index (Phi) is 7.34. The van der Waals surface area contributed by atoms with Crippen LogP contribution in [0, 0.1) is 11.8 Å². The summed E-state index contributed by atoms with van der Waals surface area (Å²) in [5.41, 5.74) is 2.51. The molecule has 0 bridgehead atoms. The number of aromatic nitrogens is 1. The van der Waals surface area contributed by atoms with Gasteiger partial charge >= 0.3 is 0 Å². The van der Waals surface area contributed by atoms with E-state index in [4.69, 9.17) is 4.74 Å². The van der Waals surface area contributed by atoms with E-state index in [0.717, 1.165) is 31.9 Å². The topological polar surface area (TPSA) is 48.6 Å². The molecule has 7 heteroatoms. The molecule has 0 spiro atoms. The summed E-state index contributed by atoms with van der Waals surface area (Å²) in [5, 5.41) is 0. The minimum Gasteiger partial charge on any atom is -0.497 e. The number of aromatic amines is 1. The molecule has 2 fully saturated rings. The Hall–Kier alpha value is -1.53. The van der Waals surface area contributed by atoms with Crippen molar-refractivity contribution in [3.8, 4) is 5.75 Å². The highest BCUT2D eigenvalue weighted by atomic mass is 35.5. The normalized spacial score (nSPS) is 24.7. The van der Waals surface area contributed by atoms with Crippen LogP contribution >= 0.6 is 24.8 Å². The maximum atomic E-state index is 11.2. The van der Waals surface area contributed by atoms with Crippen LogP contribution in [0.5, 0.6) is 5.75 Å². The zero-order valence-electron chi connectivity index (χ0n) is 15.6. The molecule has 0 aliphatic carbocycles. The second kappa shape index (κ2) is 9.11. The fraction of sp³-hybridized carbons (Fsp3) is 0.450. The first-order valence-corrected chi connectivity index (χ1v) is 8.88. The zero-order chi connectivity index (χ0) is 17.4. The first kappa shape index (κ1) is 21.8. The Labute approximate surface area is 172 Å². The quantitative estimate of drug-likeness (QED) is 0.839. The predicted octanol–water partition coefficient (Wildman–Crippen LogP) is 2.96. The summed E-state index contributed by atoms with van der Waals surface area (Å²) in [6.07, 6.45) is 1.84. The van der Waals surface area contributed by atoms with Crippen molar-refractivity contribution in [3.05, 3.63) is 64.1 Å². The molecule has 3 heterocycles. The van der Waals surface area contributed by atoms with Crippen molar-refractivity contribution in [1.82, 2.24) is 14.8 Å². The molecule has 0 unspecified atom stereocenters. The molecule has 0 saturated carbocycles. The third-order valence-electron chi connectivity index (χ3n) is 5.68. The third-order valence-corrected chi connectivity index (χ3v) is 5.68. The number of H-pyrrole nitrogens is 1. The van der Waals surface area contributed by atoms with Crippen molar-refractivity contribution in [3.63, 3.8) is 0 Å². The number of pyridine rings is 1. The molecule has 0 amide bonds. The van der Waals surface area contributed by atoms with Crippen molar-refractivity contribution in [2.45, 2.75) is 12.6 Å². The van der Waals surface area contributed by atoms with E-state index in [1.807, 2.05) is 12.3 Å². The van der Waals surface area contributed by atoms with Crippen LogP contribution < -0.4 is 10.3 Å². The molecule has 1 aromatic carbocycles. The molecule has 2 aliphatic rings. The van der Waals surface area contributed by atoms with Crippen LogP contribution in [0.2, 0.25) is 0 Å². The fourth-order valence-corrected chi connectivity index (χ4v) is 4.58. The number of ether oxygens (including phenoxy) is 1. The number of benzene rings is 1. The number of nitrogens with one attached hydrogen (secondary N) is 1. The van der Waals surface area contributed by atoms with Crippen LogP contribution in [-0.2, 0) is 6.54 Å². The van der Waals surface area contributed by atoms with E-state index in [0.29, 0.717) is 17.9 Å². The molecular formula is C20H27Cl2N3O2. The Balaban J connectivity index is 0.00000131. The second-order valence-corrected chi connectivity index (χ2v) is 7.34. The Morgan fingerprint density at radius 3 is 2.44 bits per heavy atom. The molecule has 1 aromatic heterocycles. The largest absolute Gasteiger partial charge is 0.497 e. The molecule has 3 atom stereocenters. The number of hydrogen-bond donors (Lipinski definition) is 1. The van der Waals surface area contributed by atoms with Crippen LogP contribution in [-0.4, -0.2) is 48.6 Å². The Morgan fingerprint density at radius 1 is 1.07 bits per heavy atom. The lowest BCUT2D eigenvalue weighted by Gasteiger charge is -2.27. The van der Waals surface area contributed by atoms with Gasteiger partial charge in [0.2, 0.25) is 5.56 Å². The summed E-state index contributed by atoms with van der Waals surface area (Å²) in [7, 11) is 3.94. The van der Waals surface area contributed by atoms with Crippen LogP contribution in [0.25, 0.3) is 0 Å². The minimum atomic E-state index is -0.0387. The van der Waals surface area contributed by atoms with E-state index in [2.05, 4.69) is 46.1 Å². The Morgan fingerprint density at radius 2 is 1.81 bits per heavy atom. The van der Waals surface area contributed by atoms with Crippen molar-refractivity contribution in [1.29, 1.82) is 0 Å². The summed E-state index contributed by atoms with van der Waals surface area (Å²) in [6, 6.07) is 12.5. The van der Waals surface area contributed by atoms with E-state index >= 15 is 0 Å². The Bertz CT molecular complexity index is 776. The van der Waals surface area contributed by atoms with Crippen LogP contribution in [0.4, 0.5) is 0 Å². The summed E-state index contributed by atoms with van der Waals surface area (Å²) in [4.78, 5) is 19.0. The van der Waals surface area contributed by atoms with Gasteiger partial charge in [0.1, 0.15) is 5.75 Å². The van der Waals surface area contributed by atoms with E-state index in [1.165, 1.54) is 11.1 Å². The van der Waals surface area contributed by atoms with Crippen LogP contribution in [0.15, 0.2) is 47.4 Å². The van der Waals surface area contributed by atoms with Gasteiger partial charge in [0, 0.05) is 44.5 Å². The van der Waals surface area contributed by atoms with Gasteiger partial charge < -0.3 is 9.72 Å². The standard InChI is InChI=1S/C20H25N3O2.2ClH/c1-22-11-16-12-23(10-14-3-8-19(24)21-9-14)13-18(16)20(22)15-4-6-17(25-2)7-5-15;;/h3-9,16,18,20H,10-13H2,1-2H3,(H,21,24);2*1H/t16-,18+,20+;;/m0../s1. The SMILES string of the molecule is COc1ccc([C@@H]2[C@@H]3CN(Cc4ccc(=O)[nH]c4)C[C@@H]3CN2C)cc1.Cl.Cl. The first-order valence-electron chi connectivity index (χ1n) is 8.88. The average Bonchev–Trinajstić information content (AvgIpc) is 3.13. The van der Waals surface area contributed by atoms with Crippen LogP contribution in [0.1, 0.15) is 17.2 Å². The number of methoxy groups -OCH3 is 1. The number of likely N-dealkylation sites (tertiary alicyclic amines) is 2.